The van der Waals surface area contributed by atoms with Crippen molar-refractivity contribution in [2.45, 2.75) is 38.2 Å². The van der Waals surface area contributed by atoms with Gasteiger partial charge in [0.1, 0.15) is 0 Å². The first kappa shape index (κ1) is 15.6. The van der Waals surface area contributed by atoms with E-state index in [9.17, 15) is 13.6 Å². The van der Waals surface area contributed by atoms with Gasteiger partial charge in [-0.05, 0) is 24.5 Å². The van der Waals surface area contributed by atoms with Gasteiger partial charge >= 0.3 is 0 Å². The van der Waals surface area contributed by atoms with Crippen molar-refractivity contribution in [1.29, 1.82) is 0 Å². The summed E-state index contributed by atoms with van der Waals surface area (Å²) in [5.41, 5.74) is 2.57. The molecule has 1 aliphatic carbocycles. The van der Waals surface area contributed by atoms with Crippen LogP contribution in [0.3, 0.4) is 0 Å². The van der Waals surface area contributed by atoms with E-state index in [0.29, 0.717) is 12.0 Å². The predicted molar refractivity (Wildman–Crippen MR) is 80.1 cm³/mol. The highest BCUT2D eigenvalue weighted by Gasteiger charge is 2.24. The van der Waals surface area contributed by atoms with Crippen LogP contribution >= 0.6 is 0 Å². The molecule has 1 amide bonds. The molecule has 3 rings (SSSR count). The maximum Gasteiger partial charge on any atom is 0.263 e. The number of carbonyl (C=O) groups is 1. The zero-order valence-electron chi connectivity index (χ0n) is 12.8. The molecule has 1 heterocycles. The van der Waals surface area contributed by atoms with E-state index in [2.05, 4.69) is 15.6 Å². The number of benzene rings is 1. The van der Waals surface area contributed by atoms with Crippen molar-refractivity contribution in [2.75, 3.05) is 0 Å². The Balaban J connectivity index is 1.60. The van der Waals surface area contributed by atoms with Gasteiger partial charge in [0.15, 0.2) is 0 Å². The first-order chi connectivity index (χ1) is 11.0. The quantitative estimate of drug-likeness (QED) is 0.937. The van der Waals surface area contributed by atoms with Crippen LogP contribution in [-0.4, -0.2) is 26.9 Å². The number of aromatic nitrogens is 3. The number of aryl methyl sites for hydroxylation is 2. The fourth-order valence-electron chi connectivity index (χ4n) is 2.94. The van der Waals surface area contributed by atoms with Crippen molar-refractivity contribution >= 4 is 5.91 Å². The number of nitrogens with zero attached hydrogens (tertiary/aromatic N) is 3. The van der Waals surface area contributed by atoms with Crippen LogP contribution in [0.25, 0.3) is 0 Å². The maximum absolute atomic E-state index is 12.7. The van der Waals surface area contributed by atoms with E-state index in [1.54, 1.807) is 16.8 Å². The molecular weight excluding hydrogens is 302 g/mol. The van der Waals surface area contributed by atoms with E-state index in [-0.39, 0.29) is 23.9 Å². The lowest BCUT2D eigenvalue weighted by Crippen LogP contribution is -2.40. The second-order valence-corrected chi connectivity index (χ2v) is 5.84. The summed E-state index contributed by atoms with van der Waals surface area (Å²) in [6.07, 6.45) is -0.120. The zero-order valence-corrected chi connectivity index (χ0v) is 12.8. The van der Waals surface area contributed by atoms with Gasteiger partial charge in [-0.2, -0.15) is 0 Å². The number of hydrogen-bond donors (Lipinski definition) is 1. The molecule has 1 unspecified atom stereocenters. The fraction of sp³-hybridized carbons (Fsp3) is 0.438. The Morgan fingerprint density at radius 3 is 3.09 bits per heavy atom. The summed E-state index contributed by atoms with van der Waals surface area (Å²) in [6, 6.07) is 6.03. The molecule has 0 saturated heterocycles. The number of amides is 1. The van der Waals surface area contributed by atoms with Crippen molar-refractivity contribution in [3.63, 3.8) is 0 Å². The summed E-state index contributed by atoms with van der Waals surface area (Å²) in [7, 11) is 1.84. The van der Waals surface area contributed by atoms with Crippen molar-refractivity contribution in [1.82, 2.24) is 20.3 Å². The molecule has 1 N–H and O–H groups in total. The average Bonchev–Trinajstić information content (AvgIpc) is 2.88. The number of rotatable bonds is 4. The van der Waals surface area contributed by atoms with Crippen molar-refractivity contribution in [2.24, 2.45) is 7.05 Å². The van der Waals surface area contributed by atoms with Gasteiger partial charge in [0.25, 0.3) is 6.43 Å². The van der Waals surface area contributed by atoms with Gasteiger partial charge in [0.2, 0.25) is 5.91 Å². The molecule has 1 atom stereocenters. The van der Waals surface area contributed by atoms with Crippen LogP contribution in [0, 0.1) is 0 Å². The third-order valence-corrected chi connectivity index (χ3v) is 4.13. The van der Waals surface area contributed by atoms with E-state index in [0.717, 1.165) is 24.2 Å². The van der Waals surface area contributed by atoms with E-state index >= 15 is 0 Å². The zero-order chi connectivity index (χ0) is 16.4. The molecule has 2 aromatic rings. The maximum atomic E-state index is 12.7. The lowest BCUT2D eigenvalue weighted by Gasteiger charge is -2.23. The van der Waals surface area contributed by atoms with Gasteiger partial charge in [-0.25, -0.2) is 8.78 Å². The molecule has 0 spiro atoms. The summed E-state index contributed by atoms with van der Waals surface area (Å²) in [5.74, 6) is -0.153. The number of hydrogen-bond acceptors (Lipinski definition) is 3. The minimum atomic E-state index is -2.52. The van der Waals surface area contributed by atoms with Crippen LogP contribution in [0.1, 0.15) is 35.4 Å². The summed E-state index contributed by atoms with van der Waals surface area (Å²) in [6.45, 7) is 0. The molecule has 0 aliphatic heterocycles. The van der Waals surface area contributed by atoms with E-state index in [4.69, 9.17) is 0 Å². The Morgan fingerprint density at radius 1 is 1.48 bits per heavy atom. The molecule has 0 saturated carbocycles. The van der Waals surface area contributed by atoms with Crippen molar-refractivity contribution in [3.05, 3.63) is 46.8 Å². The SMILES string of the molecule is Cn1nnc2c1CC(NC(=O)Cc1cccc(C(F)F)c1)CC2. The first-order valence-corrected chi connectivity index (χ1v) is 7.56. The Kier molecular flexibility index (Phi) is 4.36. The van der Waals surface area contributed by atoms with Crippen molar-refractivity contribution < 1.29 is 13.6 Å². The van der Waals surface area contributed by atoms with Gasteiger partial charge in [0.05, 0.1) is 17.8 Å². The summed E-state index contributed by atoms with van der Waals surface area (Å²) in [4.78, 5) is 12.2. The number of halogens is 2. The molecule has 0 fully saturated rings. The number of fused-ring (bicyclic) bond motifs is 1. The van der Waals surface area contributed by atoms with Crippen LogP contribution in [0.15, 0.2) is 24.3 Å². The largest absolute Gasteiger partial charge is 0.353 e. The highest BCUT2D eigenvalue weighted by molar-refractivity contribution is 5.79. The predicted octanol–water partition coefficient (Wildman–Crippen LogP) is 1.97. The minimum absolute atomic E-state index is 0.0329. The highest BCUT2D eigenvalue weighted by Crippen LogP contribution is 2.20. The summed E-state index contributed by atoms with van der Waals surface area (Å²) in [5, 5.41) is 11.1. The average molecular weight is 320 g/mol. The summed E-state index contributed by atoms with van der Waals surface area (Å²) < 4.78 is 27.1. The topological polar surface area (TPSA) is 59.8 Å². The molecule has 0 radical (unpaired) electrons. The molecule has 1 aromatic carbocycles. The van der Waals surface area contributed by atoms with Gasteiger partial charge in [0, 0.05) is 25.1 Å². The van der Waals surface area contributed by atoms with Crippen molar-refractivity contribution in [3.8, 4) is 0 Å². The van der Waals surface area contributed by atoms with Gasteiger partial charge in [-0.3, -0.25) is 9.48 Å². The molecule has 1 aliphatic rings. The molecular formula is C16H18F2N4O. The van der Waals surface area contributed by atoms with Crippen LogP contribution in [0.4, 0.5) is 8.78 Å². The molecule has 0 bridgehead atoms. The lowest BCUT2D eigenvalue weighted by atomic mass is 9.95. The second kappa shape index (κ2) is 6.44. The Labute approximate surface area is 132 Å². The number of alkyl halides is 2. The van der Waals surface area contributed by atoms with Crippen LogP contribution < -0.4 is 5.32 Å². The van der Waals surface area contributed by atoms with Gasteiger partial charge in [-0.15, -0.1) is 5.10 Å². The van der Waals surface area contributed by atoms with Crippen LogP contribution in [-0.2, 0) is 31.1 Å². The summed E-state index contributed by atoms with van der Waals surface area (Å²) >= 11 is 0. The van der Waals surface area contributed by atoms with E-state index < -0.39 is 6.43 Å². The van der Waals surface area contributed by atoms with E-state index in [1.807, 2.05) is 7.05 Å². The molecule has 5 nitrogen and oxygen atoms in total. The first-order valence-electron chi connectivity index (χ1n) is 7.56. The highest BCUT2D eigenvalue weighted by atomic mass is 19.3. The Morgan fingerprint density at radius 2 is 2.30 bits per heavy atom. The minimum Gasteiger partial charge on any atom is -0.353 e. The molecule has 23 heavy (non-hydrogen) atoms. The Bertz CT molecular complexity index is 714. The number of nitrogens with one attached hydrogen (secondary N) is 1. The second-order valence-electron chi connectivity index (χ2n) is 5.84. The third-order valence-electron chi connectivity index (χ3n) is 4.13. The lowest BCUT2D eigenvalue weighted by molar-refractivity contribution is -0.121. The Hall–Kier alpha value is -2.31. The fourth-order valence-corrected chi connectivity index (χ4v) is 2.94. The van der Waals surface area contributed by atoms with E-state index in [1.165, 1.54) is 12.1 Å². The molecule has 122 valence electrons. The molecule has 1 aromatic heterocycles. The molecule has 7 heteroatoms. The standard InChI is InChI=1S/C16H18F2N4O/c1-22-14-9-12(5-6-13(14)20-21-22)19-15(23)8-10-3-2-4-11(7-10)16(17)18/h2-4,7,12,16H,5-6,8-9H2,1H3,(H,19,23). The van der Waals surface area contributed by atoms with Crippen LogP contribution in [0.2, 0.25) is 0 Å². The smallest absolute Gasteiger partial charge is 0.263 e. The monoisotopic (exact) mass is 320 g/mol. The normalized spacial score (nSPS) is 17.1. The van der Waals surface area contributed by atoms with Crippen LogP contribution in [0.5, 0.6) is 0 Å². The number of carbonyl (C=O) groups excluding carboxylic acids is 1. The third kappa shape index (κ3) is 3.55. The van der Waals surface area contributed by atoms with Gasteiger partial charge < -0.3 is 5.32 Å². The van der Waals surface area contributed by atoms with Gasteiger partial charge in [-0.1, -0.05) is 23.4 Å².